The van der Waals surface area contributed by atoms with Crippen LogP contribution in [-0.2, 0) is 11.3 Å². The quantitative estimate of drug-likeness (QED) is 0.717. The summed E-state index contributed by atoms with van der Waals surface area (Å²) >= 11 is 6.11. The van der Waals surface area contributed by atoms with E-state index >= 15 is 0 Å². The number of hydrogen-bond acceptors (Lipinski definition) is 4. The van der Waals surface area contributed by atoms with Gasteiger partial charge in [0.05, 0.1) is 0 Å². The molecule has 138 valence electrons. The van der Waals surface area contributed by atoms with E-state index in [0.29, 0.717) is 13.1 Å². The van der Waals surface area contributed by atoms with E-state index in [1.165, 1.54) is 11.1 Å². The second kappa shape index (κ2) is 7.98. The van der Waals surface area contributed by atoms with Crippen molar-refractivity contribution in [2.24, 2.45) is 0 Å². The minimum absolute atomic E-state index is 0.165. The Balaban J connectivity index is 1.57. The number of carboxylic acid groups (broad SMARTS) is 1. The Bertz CT molecular complexity index is 790. The van der Waals surface area contributed by atoms with E-state index in [9.17, 15) is 4.79 Å². The lowest BCUT2D eigenvalue weighted by atomic mass is 10.0. The average molecular weight is 375 g/mol. The number of benzene rings is 2. The summed E-state index contributed by atoms with van der Waals surface area (Å²) in [7, 11) is 0. The number of likely N-dealkylation sites (tertiary alicyclic amines) is 1. The van der Waals surface area contributed by atoms with Crippen molar-refractivity contribution in [3.63, 3.8) is 0 Å². The van der Waals surface area contributed by atoms with Crippen LogP contribution >= 0.6 is 11.6 Å². The van der Waals surface area contributed by atoms with Gasteiger partial charge in [-0.2, -0.15) is 0 Å². The molecule has 3 rings (SSSR count). The molecular weight excluding hydrogens is 352 g/mol. The number of rotatable bonds is 6. The molecule has 5 nitrogen and oxygen atoms in total. The van der Waals surface area contributed by atoms with Gasteiger partial charge in [0, 0.05) is 36.4 Å². The van der Waals surface area contributed by atoms with E-state index < -0.39 is 6.16 Å². The van der Waals surface area contributed by atoms with Crippen LogP contribution in [0.5, 0.6) is 0 Å². The summed E-state index contributed by atoms with van der Waals surface area (Å²) in [6.45, 7) is 6.20. The van der Waals surface area contributed by atoms with Crippen LogP contribution in [0, 0.1) is 6.92 Å². The summed E-state index contributed by atoms with van der Waals surface area (Å²) in [6, 6.07) is 14.5. The van der Waals surface area contributed by atoms with E-state index in [1.807, 2.05) is 25.1 Å². The Labute approximate surface area is 158 Å². The zero-order chi connectivity index (χ0) is 18.7. The molecule has 6 heteroatoms. The fourth-order valence-corrected chi connectivity index (χ4v) is 3.27. The van der Waals surface area contributed by atoms with Crippen molar-refractivity contribution in [2.45, 2.75) is 32.5 Å². The summed E-state index contributed by atoms with van der Waals surface area (Å²) < 4.78 is 4.75. The lowest BCUT2D eigenvalue weighted by Crippen LogP contribution is -2.52. The first-order chi connectivity index (χ1) is 12.4. The van der Waals surface area contributed by atoms with Crippen molar-refractivity contribution in [3.05, 3.63) is 64.2 Å². The number of carbonyl (C=O) groups is 1. The van der Waals surface area contributed by atoms with Crippen LogP contribution in [0.3, 0.4) is 0 Å². The van der Waals surface area contributed by atoms with Crippen LogP contribution in [0.25, 0.3) is 0 Å². The van der Waals surface area contributed by atoms with Crippen molar-refractivity contribution in [1.29, 1.82) is 0 Å². The molecule has 0 aromatic heterocycles. The summed E-state index contributed by atoms with van der Waals surface area (Å²) in [4.78, 5) is 12.7. The number of halogens is 1. The van der Waals surface area contributed by atoms with Crippen molar-refractivity contribution in [3.8, 4) is 0 Å². The molecule has 1 unspecified atom stereocenters. The molecule has 0 radical (unpaired) electrons. The minimum Gasteiger partial charge on any atom is -0.450 e. The Morgan fingerprint density at radius 2 is 2.12 bits per heavy atom. The van der Waals surface area contributed by atoms with E-state index in [4.69, 9.17) is 21.4 Å². The maximum atomic E-state index is 10.5. The maximum absolute atomic E-state index is 10.5. The van der Waals surface area contributed by atoms with E-state index in [-0.39, 0.29) is 12.1 Å². The van der Waals surface area contributed by atoms with Gasteiger partial charge in [0.25, 0.3) is 0 Å². The number of anilines is 1. The third-order valence-corrected chi connectivity index (χ3v) is 5.01. The van der Waals surface area contributed by atoms with E-state index in [2.05, 4.69) is 41.4 Å². The Morgan fingerprint density at radius 1 is 1.35 bits per heavy atom. The van der Waals surface area contributed by atoms with Gasteiger partial charge in [-0.15, -0.1) is 0 Å². The highest BCUT2D eigenvalue weighted by molar-refractivity contribution is 6.31. The van der Waals surface area contributed by atoms with Gasteiger partial charge >= 0.3 is 6.16 Å². The second-order valence-electron chi connectivity index (χ2n) is 6.77. The van der Waals surface area contributed by atoms with Crippen LogP contribution in [0.1, 0.15) is 29.7 Å². The molecule has 26 heavy (non-hydrogen) atoms. The monoisotopic (exact) mass is 374 g/mol. The fraction of sp³-hybridized carbons (Fsp3) is 0.350. The van der Waals surface area contributed by atoms with Crippen LogP contribution in [0.4, 0.5) is 10.5 Å². The van der Waals surface area contributed by atoms with Gasteiger partial charge in [0.15, 0.2) is 0 Å². The average Bonchev–Trinajstić information content (AvgIpc) is 2.55. The second-order valence-corrected chi connectivity index (χ2v) is 7.18. The van der Waals surface area contributed by atoms with Crippen molar-refractivity contribution in [2.75, 3.05) is 18.4 Å². The third kappa shape index (κ3) is 4.68. The molecule has 2 aromatic carbocycles. The van der Waals surface area contributed by atoms with Crippen LogP contribution in [0.15, 0.2) is 42.5 Å². The van der Waals surface area contributed by atoms with Crippen LogP contribution in [-0.4, -0.2) is 35.4 Å². The molecule has 0 bridgehead atoms. The van der Waals surface area contributed by atoms with Gasteiger partial charge < -0.3 is 15.2 Å². The number of nitrogens with zero attached hydrogens (tertiary/aromatic N) is 1. The highest BCUT2D eigenvalue weighted by atomic mass is 35.5. The molecule has 2 aromatic rings. The van der Waals surface area contributed by atoms with Crippen LogP contribution in [0.2, 0.25) is 5.02 Å². The summed E-state index contributed by atoms with van der Waals surface area (Å²) in [6.07, 6.45) is -1.41. The third-order valence-electron chi connectivity index (χ3n) is 4.59. The Hall–Kier alpha value is -2.24. The Kier molecular flexibility index (Phi) is 5.69. The zero-order valence-corrected chi connectivity index (χ0v) is 15.7. The smallest absolute Gasteiger partial charge is 0.450 e. The van der Waals surface area contributed by atoms with Gasteiger partial charge in [0.2, 0.25) is 0 Å². The lowest BCUT2D eigenvalue weighted by molar-refractivity contribution is -0.0363. The van der Waals surface area contributed by atoms with E-state index in [0.717, 1.165) is 22.8 Å². The highest BCUT2D eigenvalue weighted by Gasteiger charge is 2.29. The van der Waals surface area contributed by atoms with Gasteiger partial charge in [-0.1, -0.05) is 35.9 Å². The first-order valence-electron chi connectivity index (χ1n) is 8.64. The normalized spacial score (nSPS) is 16.0. The maximum Gasteiger partial charge on any atom is 0.506 e. The fourth-order valence-electron chi connectivity index (χ4n) is 3.16. The topological polar surface area (TPSA) is 61.8 Å². The summed E-state index contributed by atoms with van der Waals surface area (Å²) in [5.74, 6) is 0. The van der Waals surface area contributed by atoms with Gasteiger partial charge in [0.1, 0.15) is 6.10 Å². The lowest BCUT2D eigenvalue weighted by Gasteiger charge is -2.37. The molecular formula is C20H23ClN2O3. The molecule has 1 saturated heterocycles. The Morgan fingerprint density at radius 3 is 2.81 bits per heavy atom. The molecule has 1 atom stereocenters. The van der Waals surface area contributed by atoms with E-state index in [1.54, 1.807) is 0 Å². The summed E-state index contributed by atoms with van der Waals surface area (Å²) in [5, 5.41) is 12.9. The predicted molar refractivity (Wildman–Crippen MR) is 103 cm³/mol. The number of aryl methyl sites for hydroxylation is 1. The van der Waals surface area contributed by atoms with Gasteiger partial charge in [-0.05, 0) is 48.7 Å². The number of hydrogen-bond donors (Lipinski definition) is 2. The molecule has 1 aliphatic heterocycles. The molecule has 0 aliphatic carbocycles. The molecule has 0 spiro atoms. The predicted octanol–water partition coefficient (Wildman–Crippen LogP) is 4.70. The van der Waals surface area contributed by atoms with Gasteiger partial charge in [-0.25, -0.2) is 4.79 Å². The molecule has 1 aliphatic rings. The molecule has 1 fully saturated rings. The SMILES string of the molecule is Cc1cc(C(C)Nc2cccc(CN3CC(OC(=O)O)C3)c2)ccc1Cl. The largest absolute Gasteiger partial charge is 0.506 e. The van der Waals surface area contributed by atoms with Gasteiger partial charge in [-0.3, -0.25) is 4.90 Å². The minimum atomic E-state index is -1.20. The van der Waals surface area contributed by atoms with Crippen molar-refractivity contribution < 1.29 is 14.6 Å². The molecule has 1 heterocycles. The van der Waals surface area contributed by atoms with Crippen molar-refractivity contribution in [1.82, 2.24) is 4.90 Å². The number of nitrogens with one attached hydrogen (secondary N) is 1. The zero-order valence-electron chi connectivity index (χ0n) is 14.9. The first-order valence-corrected chi connectivity index (χ1v) is 9.02. The van der Waals surface area contributed by atoms with Crippen LogP contribution < -0.4 is 5.32 Å². The summed E-state index contributed by atoms with van der Waals surface area (Å²) in [5.41, 5.74) is 4.50. The first kappa shape index (κ1) is 18.5. The molecule has 2 N–H and O–H groups in total. The molecule has 0 amide bonds. The standard InChI is InChI=1S/C20H23ClN2O3/c1-13-8-16(6-7-19(13)21)14(2)22-17-5-3-4-15(9-17)10-23-11-18(12-23)26-20(24)25/h3-9,14,18,22H,10-12H2,1-2H3,(H,24,25). The molecule has 0 saturated carbocycles. The highest BCUT2D eigenvalue weighted by Crippen LogP contribution is 2.25. The number of ether oxygens (including phenoxy) is 1. The van der Waals surface area contributed by atoms with Crippen molar-refractivity contribution >= 4 is 23.4 Å².